The fourth-order valence-electron chi connectivity index (χ4n) is 2.28. The number of benzene rings is 1. The van der Waals surface area contributed by atoms with E-state index in [1.165, 1.54) is 16.7 Å². The minimum absolute atomic E-state index is 0.156. The van der Waals surface area contributed by atoms with Crippen LogP contribution >= 0.6 is 0 Å². The Balaban J connectivity index is 2.35. The van der Waals surface area contributed by atoms with Gasteiger partial charge in [0.05, 0.1) is 6.54 Å². The molecule has 0 bridgehead atoms. The molecule has 0 heterocycles. The molecule has 0 aliphatic carbocycles. The Bertz CT molecular complexity index is 475. The van der Waals surface area contributed by atoms with Crippen LogP contribution in [0.2, 0.25) is 0 Å². The van der Waals surface area contributed by atoms with Gasteiger partial charge in [-0.2, -0.15) is 0 Å². The molecule has 1 rings (SSSR count). The van der Waals surface area contributed by atoms with E-state index in [-0.39, 0.29) is 5.97 Å². The summed E-state index contributed by atoms with van der Waals surface area (Å²) >= 11 is 0. The van der Waals surface area contributed by atoms with Gasteiger partial charge in [0, 0.05) is 0 Å². The molecular weight excluding hydrogens is 262 g/mol. The van der Waals surface area contributed by atoms with Gasteiger partial charge in [0.1, 0.15) is 5.60 Å². The van der Waals surface area contributed by atoms with Crippen LogP contribution < -0.4 is 0 Å². The van der Waals surface area contributed by atoms with E-state index in [4.69, 9.17) is 4.74 Å². The van der Waals surface area contributed by atoms with Crippen LogP contribution in [0.5, 0.6) is 0 Å². The Kier molecular flexibility index (Phi) is 6.41. The molecule has 1 aromatic carbocycles. The predicted molar refractivity (Wildman–Crippen MR) is 87.6 cm³/mol. The Morgan fingerprint density at radius 3 is 2.52 bits per heavy atom. The first-order chi connectivity index (χ1) is 9.67. The van der Waals surface area contributed by atoms with Gasteiger partial charge in [-0.3, -0.25) is 9.69 Å². The highest BCUT2D eigenvalue weighted by molar-refractivity contribution is 5.72. The van der Waals surface area contributed by atoms with Crippen molar-refractivity contribution in [1.82, 2.24) is 4.90 Å². The van der Waals surface area contributed by atoms with E-state index in [0.717, 1.165) is 19.4 Å². The minimum Gasteiger partial charge on any atom is -0.459 e. The summed E-state index contributed by atoms with van der Waals surface area (Å²) in [4.78, 5) is 13.8. The van der Waals surface area contributed by atoms with Gasteiger partial charge < -0.3 is 4.74 Å². The van der Waals surface area contributed by atoms with Gasteiger partial charge in [-0.25, -0.2) is 0 Å². The van der Waals surface area contributed by atoms with Crippen molar-refractivity contribution >= 4 is 5.97 Å². The number of ether oxygens (including phenoxy) is 1. The lowest BCUT2D eigenvalue weighted by Gasteiger charge is -2.22. The molecule has 0 aromatic heterocycles. The molecule has 0 saturated heterocycles. The summed E-state index contributed by atoms with van der Waals surface area (Å²) in [5, 5.41) is 0. The van der Waals surface area contributed by atoms with E-state index >= 15 is 0 Å². The second-order valence-corrected chi connectivity index (χ2v) is 6.86. The van der Waals surface area contributed by atoms with Crippen LogP contribution in [-0.2, 0) is 16.0 Å². The summed E-state index contributed by atoms with van der Waals surface area (Å²) in [6.45, 7) is 11.2. The first kappa shape index (κ1) is 17.7. The lowest BCUT2D eigenvalue weighted by atomic mass is 10.0. The number of likely N-dealkylation sites (N-methyl/N-ethyl adjacent to an activating group) is 1. The maximum Gasteiger partial charge on any atom is 0.320 e. The number of rotatable bonds is 6. The number of esters is 1. The summed E-state index contributed by atoms with van der Waals surface area (Å²) < 4.78 is 5.33. The molecule has 0 spiro atoms. The topological polar surface area (TPSA) is 29.5 Å². The third-order valence-corrected chi connectivity index (χ3v) is 3.31. The molecule has 0 aliphatic rings. The van der Waals surface area contributed by atoms with Crippen molar-refractivity contribution in [2.24, 2.45) is 0 Å². The number of nitrogens with zero attached hydrogens (tertiary/aromatic N) is 1. The SMILES string of the molecule is Cc1ccc(C)c(CCCN(C)CC(=O)OC(C)(C)C)c1. The Morgan fingerprint density at radius 1 is 1.24 bits per heavy atom. The molecule has 3 heteroatoms. The van der Waals surface area contributed by atoms with Crippen LogP contribution in [0.15, 0.2) is 18.2 Å². The fourth-order valence-corrected chi connectivity index (χ4v) is 2.28. The maximum atomic E-state index is 11.7. The van der Waals surface area contributed by atoms with Crippen LogP contribution in [0.1, 0.15) is 43.9 Å². The lowest BCUT2D eigenvalue weighted by molar-refractivity contribution is -0.155. The van der Waals surface area contributed by atoms with Gasteiger partial charge in [0.15, 0.2) is 0 Å². The molecular formula is C18H29NO2. The molecule has 21 heavy (non-hydrogen) atoms. The van der Waals surface area contributed by atoms with Crippen LogP contribution in [0.25, 0.3) is 0 Å². The van der Waals surface area contributed by atoms with Crippen LogP contribution in [0.4, 0.5) is 0 Å². The largest absolute Gasteiger partial charge is 0.459 e. The zero-order valence-corrected chi connectivity index (χ0v) is 14.3. The van der Waals surface area contributed by atoms with Crippen molar-refractivity contribution in [1.29, 1.82) is 0 Å². The van der Waals surface area contributed by atoms with Crippen molar-refractivity contribution in [3.8, 4) is 0 Å². The molecule has 3 nitrogen and oxygen atoms in total. The molecule has 0 saturated carbocycles. The number of aryl methyl sites for hydroxylation is 3. The zero-order chi connectivity index (χ0) is 16.0. The molecule has 0 unspecified atom stereocenters. The number of carbonyl (C=O) groups excluding carboxylic acids is 1. The van der Waals surface area contributed by atoms with Crippen molar-refractivity contribution < 1.29 is 9.53 Å². The fraction of sp³-hybridized carbons (Fsp3) is 0.611. The number of carbonyl (C=O) groups is 1. The predicted octanol–water partition coefficient (Wildman–Crippen LogP) is 3.51. The second kappa shape index (κ2) is 7.60. The highest BCUT2D eigenvalue weighted by Gasteiger charge is 2.17. The normalized spacial score (nSPS) is 11.8. The van der Waals surface area contributed by atoms with Crippen molar-refractivity contribution in [2.45, 2.75) is 53.1 Å². The molecule has 118 valence electrons. The molecule has 0 amide bonds. The van der Waals surface area contributed by atoms with Crippen LogP contribution in [-0.4, -0.2) is 36.6 Å². The standard InChI is InChI=1S/C18H29NO2/c1-14-9-10-15(2)16(12-14)8-7-11-19(6)13-17(20)21-18(3,4)5/h9-10,12H,7-8,11,13H2,1-6H3. The number of hydrogen-bond donors (Lipinski definition) is 0. The molecule has 0 aliphatic heterocycles. The smallest absolute Gasteiger partial charge is 0.320 e. The van der Waals surface area contributed by atoms with E-state index in [9.17, 15) is 4.79 Å². The summed E-state index contributed by atoms with van der Waals surface area (Å²) in [6.07, 6.45) is 2.09. The summed E-state index contributed by atoms with van der Waals surface area (Å²) in [5.74, 6) is -0.156. The van der Waals surface area contributed by atoms with E-state index in [0.29, 0.717) is 6.54 Å². The quantitative estimate of drug-likeness (QED) is 0.751. The van der Waals surface area contributed by atoms with E-state index < -0.39 is 5.60 Å². The van der Waals surface area contributed by atoms with Crippen molar-refractivity contribution in [2.75, 3.05) is 20.1 Å². The average Bonchev–Trinajstić information content (AvgIpc) is 2.31. The summed E-state index contributed by atoms with van der Waals surface area (Å²) in [7, 11) is 1.97. The van der Waals surface area contributed by atoms with E-state index in [1.807, 2.05) is 32.7 Å². The van der Waals surface area contributed by atoms with E-state index in [1.54, 1.807) is 0 Å². The molecule has 1 aromatic rings. The van der Waals surface area contributed by atoms with Gasteiger partial charge in [-0.15, -0.1) is 0 Å². The van der Waals surface area contributed by atoms with Gasteiger partial charge in [0.2, 0.25) is 0 Å². The molecule has 0 fully saturated rings. The first-order valence-corrected chi connectivity index (χ1v) is 7.64. The van der Waals surface area contributed by atoms with Gasteiger partial charge in [0.25, 0.3) is 0 Å². The Morgan fingerprint density at radius 2 is 1.90 bits per heavy atom. The second-order valence-electron chi connectivity index (χ2n) is 6.86. The molecule has 0 radical (unpaired) electrons. The monoisotopic (exact) mass is 291 g/mol. The van der Waals surface area contributed by atoms with E-state index in [2.05, 4.69) is 32.0 Å². The Labute approximate surface area is 129 Å². The first-order valence-electron chi connectivity index (χ1n) is 7.64. The third-order valence-electron chi connectivity index (χ3n) is 3.31. The highest BCUT2D eigenvalue weighted by atomic mass is 16.6. The van der Waals surface area contributed by atoms with Crippen molar-refractivity contribution in [3.63, 3.8) is 0 Å². The number of hydrogen-bond acceptors (Lipinski definition) is 3. The van der Waals surface area contributed by atoms with Crippen molar-refractivity contribution in [3.05, 3.63) is 34.9 Å². The highest BCUT2D eigenvalue weighted by Crippen LogP contribution is 2.13. The maximum absolute atomic E-state index is 11.7. The summed E-state index contributed by atoms with van der Waals surface area (Å²) in [5.41, 5.74) is 3.64. The lowest BCUT2D eigenvalue weighted by Crippen LogP contribution is -2.33. The van der Waals surface area contributed by atoms with Gasteiger partial charge >= 0.3 is 5.97 Å². The minimum atomic E-state index is -0.406. The van der Waals surface area contributed by atoms with Gasteiger partial charge in [-0.05, 0) is 72.2 Å². The van der Waals surface area contributed by atoms with Crippen LogP contribution in [0, 0.1) is 13.8 Å². The zero-order valence-electron chi connectivity index (χ0n) is 14.3. The molecule has 0 N–H and O–H groups in total. The molecule has 0 atom stereocenters. The average molecular weight is 291 g/mol. The van der Waals surface area contributed by atoms with Gasteiger partial charge in [-0.1, -0.05) is 23.8 Å². The Hall–Kier alpha value is -1.35. The third kappa shape index (κ3) is 7.28. The van der Waals surface area contributed by atoms with Crippen LogP contribution in [0.3, 0.4) is 0 Å². The summed E-state index contributed by atoms with van der Waals surface area (Å²) in [6, 6.07) is 6.58.